The van der Waals surface area contributed by atoms with E-state index in [2.05, 4.69) is 174 Å². The molecule has 0 saturated heterocycles. The molecule has 0 amide bonds. The van der Waals surface area contributed by atoms with Gasteiger partial charge in [0.15, 0.2) is 17.5 Å². The average Bonchev–Trinajstić information content (AvgIpc) is 3.68. The summed E-state index contributed by atoms with van der Waals surface area (Å²) in [6, 6.07) is 81.3. The predicted molar refractivity (Wildman–Crippen MR) is 252 cm³/mol. The topological polar surface area (TPSA) is 43.6 Å². The van der Waals surface area contributed by atoms with Crippen LogP contribution in [0.2, 0.25) is 0 Å². The van der Waals surface area contributed by atoms with Gasteiger partial charge in [0.25, 0.3) is 0 Å². The molecule has 0 aliphatic rings. The fourth-order valence-corrected chi connectivity index (χ4v) is 8.37. The van der Waals surface area contributed by atoms with Crippen LogP contribution in [0.5, 0.6) is 0 Å². The fourth-order valence-electron chi connectivity index (χ4n) is 8.37. The third-order valence-electron chi connectivity index (χ3n) is 11.5. The van der Waals surface area contributed by atoms with Crippen molar-refractivity contribution in [2.24, 2.45) is 0 Å². The maximum Gasteiger partial charge on any atom is 0.164 e. The Bertz CT molecular complexity index is 3260. The van der Waals surface area contributed by atoms with Gasteiger partial charge in [0, 0.05) is 33.2 Å². The standard InChI is InChI=1S/C57H38N4/c1-4-14-39(15-5-1)40-26-28-41(29-27-40)46-20-12-21-47(36-46)42-30-32-43(33-31-42)48-34-35-52-51-24-10-11-25-53(51)61(54(52)38-48)50-23-13-22-49(37-50)57-59-55(44-16-6-2-7-17-44)58-56(60-57)45-18-8-3-9-19-45/h1-38H. The number of rotatable bonds is 8. The summed E-state index contributed by atoms with van der Waals surface area (Å²) in [5, 5.41) is 2.41. The van der Waals surface area contributed by atoms with Crippen molar-refractivity contribution in [2.45, 2.75) is 0 Å². The van der Waals surface area contributed by atoms with Gasteiger partial charge in [-0.3, -0.25) is 0 Å². The molecule has 2 heterocycles. The zero-order valence-electron chi connectivity index (χ0n) is 33.2. The van der Waals surface area contributed by atoms with Gasteiger partial charge < -0.3 is 4.57 Å². The summed E-state index contributed by atoms with van der Waals surface area (Å²) in [6.07, 6.45) is 0. The Morgan fingerprint density at radius 1 is 0.230 bits per heavy atom. The van der Waals surface area contributed by atoms with E-state index >= 15 is 0 Å². The lowest BCUT2D eigenvalue weighted by atomic mass is 9.96. The van der Waals surface area contributed by atoms with Gasteiger partial charge in [0.2, 0.25) is 0 Å². The van der Waals surface area contributed by atoms with Gasteiger partial charge in [0.1, 0.15) is 0 Å². The number of para-hydroxylation sites is 1. The van der Waals surface area contributed by atoms with Crippen LogP contribution in [0.1, 0.15) is 0 Å². The van der Waals surface area contributed by atoms with Gasteiger partial charge in [0.05, 0.1) is 11.0 Å². The molecule has 61 heavy (non-hydrogen) atoms. The third kappa shape index (κ3) is 6.96. The minimum Gasteiger partial charge on any atom is -0.309 e. The Hall–Kier alpha value is -8.21. The maximum atomic E-state index is 5.03. The Kier molecular flexibility index (Phi) is 9.14. The molecule has 11 aromatic rings. The van der Waals surface area contributed by atoms with Gasteiger partial charge in [-0.2, -0.15) is 0 Å². The Labute approximate surface area is 354 Å². The van der Waals surface area contributed by atoms with E-state index in [1.54, 1.807) is 0 Å². The monoisotopic (exact) mass is 778 g/mol. The van der Waals surface area contributed by atoms with Crippen LogP contribution in [0.3, 0.4) is 0 Å². The van der Waals surface area contributed by atoms with Gasteiger partial charge in [-0.05, 0) is 74.8 Å². The van der Waals surface area contributed by atoms with Gasteiger partial charge in [-0.15, -0.1) is 0 Å². The lowest BCUT2D eigenvalue weighted by Gasteiger charge is -2.12. The van der Waals surface area contributed by atoms with Crippen LogP contribution in [0.25, 0.3) is 106 Å². The molecule has 9 aromatic carbocycles. The predicted octanol–water partition coefficient (Wildman–Crippen LogP) is 14.6. The van der Waals surface area contributed by atoms with Crippen molar-refractivity contribution in [3.8, 4) is 84.4 Å². The molecule has 4 nitrogen and oxygen atoms in total. The molecule has 0 N–H and O–H groups in total. The Morgan fingerprint density at radius 2 is 0.607 bits per heavy atom. The number of nitrogens with zero attached hydrogens (tertiary/aromatic N) is 4. The van der Waals surface area contributed by atoms with Crippen LogP contribution in [0, 0.1) is 0 Å². The second-order valence-corrected chi connectivity index (χ2v) is 15.3. The smallest absolute Gasteiger partial charge is 0.164 e. The van der Waals surface area contributed by atoms with E-state index in [9.17, 15) is 0 Å². The van der Waals surface area contributed by atoms with E-state index in [1.807, 2.05) is 60.7 Å². The molecule has 0 bridgehead atoms. The first-order valence-electron chi connectivity index (χ1n) is 20.6. The number of fused-ring (bicyclic) bond motifs is 3. The average molecular weight is 779 g/mol. The highest BCUT2D eigenvalue weighted by molar-refractivity contribution is 6.10. The van der Waals surface area contributed by atoms with Crippen molar-refractivity contribution in [1.82, 2.24) is 19.5 Å². The van der Waals surface area contributed by atoms with Gasteiger partial charge in [-0.25, -0.2) is 15.0 Å². The minimum absolute atomic E-state index is 0.627. The second-order valence-electron chi connectivity index (χ2n) is 15.3. The van der Waals surface area contributed by atoms with Crippen molar-refractivity contribution in [2.75, 3.05) is 0 Å². The molecule has 2 aromatic heterocycles. The molecule has 286 valence electrons. The molecular formula is C57H38N4. The van der Waals surface area contributed by atoms with Crippen LogP contribution in [-0.4, -0.2) is 19.5 Å². The van der Waals surface area contributed by atoms with E-state index in [-0.39, 0.29) is 0 Å². The highest BCUT2D eigenvalue weighted by Crippen LogP contribution is 2.37. The number of benzene rings is 9. The first kappa shape index (κ1) is 35.9. The summed E-state index contributed by atoms with van der Waals surface area (Å²) < 4.78 is 2.36. The van der Waals surface area contributed by atoms with E-state index in [4.69, 9.17) is 15.0 Å². The SMILES string of the molecule is c1ccc(-c2ccc(-c3cccc(-c4ccc(-c5ccc6c7ccccc7n(-c7cccc(-c8nc(-c9ccccc9)nc(-c9ccccc9)n8)c7)c6c5)cc4)c3)cc2)cc1. The molecule has 0 aliphatic heterocycles. The molecule has 0 atom stereocenters. The lowest BCUT2D eigenvalue weighted by molar-refractivity contribution is 1.07. The maximum absolute atomic E-state index is 5.03. The molecule has 0 aliphatic carbocycles. The summed E-state index contributed by atoms with van der Waals surface area (Å²) in [5.74, 6) is 1.91. The fraction of sp³-hybridized carbons (Fsp3) is 0. The highest BCUT2D eigenvalue weighted by atomic mass is 15.0. The zero-order chi connectivity index (χ0) is 40.5. The van der Waals surface area contributed by atoms with Crippen LogP contribution in [0.15, 0.2) is 231 Å². The second kappa shape index (κ2) is 15.5. The molecule has 0 radical (unpaired) electrons. The van der Waals surface area contributed by atoms with E-state index in [1.165, 1.54) is 44.2 Å². The molecule has 0 saturated carbocycles. The zero-order valence-corrected chi connectivity index (χ0v) is 33.2. The van der Waals surface area contributed by atoms with Crippen molar-refractivity contribution in [3.63, 3.8) is 0 Å². The quantitative estimate of drug-likeness (QED) is 0.154. The first-order valence-corrected chi connectivity index (χ1v) is 20.6. The minimum atomic E-state index is 0.627. The first-order chi connectivity index (χ1) is 30.2. The molecular weight excluding hydrogens is 741 g/mol. The van der Waals surface area contributed by atoms with Crippen molar-refractivity contribution in [3.05, 3.63) is 231 Å². The van der Waals surface area contributed by atoms with E-state index in [0.717, 1.165) is 44.5 Å². The van der Waals surface area contributed by atoms with Crippen molar-refractivity contribution < 1.29 is 0 Å². The lowest BCUT2D eigenvalue weighted by Crippen LogP contribution is -2.01. The Morgan fingerprint density at radius 3 is 1.18 bits per heavy atom. The van der Waals surface area contributed by atoms with Crippen LogP contribution < -0.4 is 0 Å². The van der Waals surface area contributed by atoms with Crippen molar-refractivity contribution in [1.29, 1.82) is 0 Å². The summed E-state index contributed by atoms with van der Waals surface area (Å²) in [4.78, 5) is 15.0. The summed E-state index contributed by atoms with van der Waals surface area (Å²) in [7, 11) is 0. The molecule has 0 fully saturated rings. The molecule has 4 heteroatoms. The normalized spacial score (nSPS) is 11.3. The number of hydrogen-bond donors (Lipinski definition) is 0. The largest absolute Gasteiger partial charge is 0.309 e. The van der Waals surface area contributed by atoms with Gasteiger partial charge in [-0.1, -0.05) is 200 Å². The third-order valence-corrected chi connectivity index (χ3v) is 11.5. The highest BCUT2D eigenvalue weighted by Gasteiger charge is 2.17. The number of aromatic nitrogens is 4. The number of hydrogen-bond acceptors (Lipinski definition) is 3. The summed E-state index contributed by atoms with van der Waals surface area (Å²) in [6.45, 7) is 0. The Balaban J connectivity index is 0.946. The molecule has 0 unspecified atom stereocenters. The van der Waals surface area contributed by atoms with E-state index in [0.29, 0.717) is 17.5 Å². The van der Waals surface area contributed by atoms with Crippen molar-refractivity contribution >= 4 is 21.8 Å². The summed E-state index contributed by atoms with van der Waals surface area (Å²) >= 11 is 0. The summed E-state index contributed by atoms with van der Waals surface area (Å²) in [5.41, 5.74) is 15.7. The van der Waals surface area contributed by atoms with Crippen LogP contribution in [0.4, 0.5) is 0 Å². The van der Waals surface area contributed by atoms with E-state index < -0.39 is 0 Å². The van der Waals surface area contributed by atoms with Gasteiger partial charge >= 0.3 is 0 Å². The van der Waals surface area contributed by atoms with Crippen LogP contribution in [-0.2, 0) is 0 Å². The molecule has 11 rings (SSSR count). The molecule has 0 spiro atoms. The van der Waals surface area contributed by atoms with Crippen LogP contribution >= 0.6 is 0 Å².